The number of hydrogen-bond donors (Lipinski definition) is 1. The quantitative estimate of drug-likeness (QED) is 0.691. The van der Waals surface area contributed by atoms with E-state index in [1.165, 1.54) is 0 Å². The van der Waals surface area contributed by atoms with Crippen molar-refractivity contribution in [3.63, 3.8) is 0 Å². The van der Waals surface area contributed by atoms with Gasteiger partial charge >= 0.3 is 6.09 Å². The average Bonchev–Trinajstić information content (AvgIpc) is 2.31. The van der Waals surface area contributed by atoms with Crippen LogP contribution in [0.1, 0.15) is 12.8 Å². The Bertz CT molecular complexity index is 233. The van der Waals surface area contributed by atoms with Gasteiger partial charge in [-0.3, -0.25) is 0 Å². The number of amides is 1. The summed E-state index contributed by atoms with van der Waals surface area (Å²) in [5.41, 5.74) is 0. The van der Waals surface area contributed by atoms with Crippen LogP contribution < -0.4 is 5.32 Å². The van der Waals surface area contributed by atoms with Gasteiger partial charge in [-0.15, -0.1) is 0 Å². The van der Waals surface area contributed by atoms with Crippen LogP contribution in [0.3, 0.4) is 0 Å². The molecule has 92 valence electrons. The molecule has 1 amide bonds. The van der Waals surface area contributed by atoms with Gasteiger partial charge in [0.15, 0.2) is 0 Å². The van der Waals surface area contributed by atoms with Crippen molar-refractivity contribution in [3.8, 4) is 0 Å². The first-order valence-electron chi connectivity index (χ1n) is 6.10. The summed E-state index contributed by atoms with van der Waals surface area (Å²) in [6, 6.07) is 0. The van der Waals surface area contributed by atoms with E-state index in [-0.39, 0.29) is 12.2 Å². The molecular weight excluding hydrogens is 206 g/mol. The topological polar surface area (TPSA) is 44.8 Å². The molecule has 2 saturated heterocycles. The van der Waals surface area contributed by atoms with E-state index in [1.54, 1.807) is 0 Å². The maximum Gasteiger partial charge on any atom is 0.410 e. The van der Waals surface area contributed by atoms with E-state index in [0.717, 1.165) is 52.1 Å². The fraction of sp³-hybridized carbons (Fsp3) is 0.909. The molecule has 2 aliphatic rings. The Morgan fingerprint density at radius 1 is 1.31 bits per heavy atom. The normalized spacial score (nSPS) is 27.8. The molecule has 0 saturated carbocycles. The number of ether oxygens (including phenoxy) is 1. The number of piperazine rings is 1. The summed E-state index contributed by atoms with van der Waals surface area (Å²) in [7, 11) is 2.08. The maximum absolute atomic E-state index is 11.8. The summed E-state index contributed by atoms with van der Waals surface area (Å²) in [5, 5.41) is 3.25. The number of rotatable bonds is 1. The van der Waals surface area contributed by atoms with E-state index in [4.69, 9.17) is 4.74 Å². The highest BCUT2D eigenvalue weighted by molar-refractivity contribution is 5.68. The van der Waals surface area contributed by atoms with Crippen molar-refractivity contribution in [3.05, 3.63) is 0 Å². The summed E-state index contributed by atoms with van der Waals surface area (Å²) in [4.78, 5) is 15.9. The van der Waals surface area contributed by atoms with Crippen LogP contribution in [0.15, 0.2) is 0 Å². The van der Waals surface area contributed by atoms with Crippen molar-refractivity contribution >= 4 is 6.09 Å². The summed E-state index contributed by atoms with van der Waals surface area (Å²) >= 11 is 0. The van der Waals surface area contributed by atoms with Gasteiger partial charge in [0.2, 0.25) is 0 Å². The highest BCUT2D eigenvalue weighted by Crippen LogP contribution is 2.09. The Morgan fingerprint density at radius 3 is 2.69 bits per heavy atom. The van der Waals surface area contributed by atoms with E-state index in [2.05, 4.69) is 17.3 Å². The van der Waals surface area contributed by atoms with E-state index in [1.807, 2.05) is 4.90 Å². The third-order valence-electron chi connectivity index (χ3n) is 3.28. The first kappa shape index (κ1) is 11.7. The van der Waals surface area contributed by atoms with Crippen LogP contribution in [-0.4, -0.2) is 68.3 Å². The molecule has 0 bridgehead atoms. The van der Waals surface area contributed by atoms with Gasteiger partial charge in [-0.2, -0.15) is 0 Å². The Balaban J connectivity index is 1.74. The third kappa shape index (κ3) is 3.09. The van der Waals surface area contributed by atoms with E-state index in [9.17, 15) is 4.79 Å². The largest absolute Gasteiger partial charge is 0.445 e. The number of nitrogens with zero attached hydrogens (tertiary/aromatic N) is 2. The van der Waals surface area contributed by atoms with E-state index < -0.39 is 0 Å². The zero-order valence-electron chi connectivity index (χ0n) is 9.95. The van der Waals surface area contributed by atoms with Gasteiger partial charge in [0.05, 0.1) is 0 Å². The van der Waals surface area contributed by atoms with Crippen LogP contribution >= 0.6 is 0 Å². The zero-order chi connectivity index (χ0) is 11.4. The fourth-order valence-corrected chi connectivity index (χ4v) is 2.13. The molecule has 5 heteroatoms. The van der Waals surface area contributed by atoms with Crippen molar-refractivity contribution in [2.24, 2.45) is 0 Å². The molecule has 2 fully saturated rings. The smallest absolute Gasteiger partial charge is 0.410 e. The number of nitrogens with one attached hydrogen (secondary N) is 1. The van der Waals surface area contributed by atoms with Gasteiger partial charge < -0.3 is 19.9 Å². The predicted molar refractivity (Wildman–Crippen MR) is 61.4 cm³/mol. The Labute approximate surface area is 96.7 Å². The Morgan fingerprint density at radius 2 is 2.06 bits per heavy atom. The second-order valence-electron chi connectivity index (χ2n) is 4.64. The standard InChI is InChI=1S/C11H21N3O2/c1-13-5-7-14(8-6-13)11(15)16-10-3-2-4-12-9-10/h10,12H,2-9H2,1H3/t10-/m0/s1. The van der Waals surface area contributed by atoms with Crippen LogP contribution in [0.4, 0.5) is 4.79 Å². The monoisotopic (exact) mass is 227 g/mol. The fourth-order valence-electron chi connectivity index (χ4n) is 2.13. The molecule has 5 nitrogen and oxygen atoms in total. The molecule has 0 unspecified atom stereocenters. The first-order chi connectivity index (χ1) is 7.75. The lowest BCUT2D eigenvalue weighted by molar-refractivity contribution is 0.0404. The molecule has 0 aliphatic carbocycles. The van der Waals surface area contributed by atoms with Gasteiger partial charge in [-0.1, -0.05) is 0 Å². The highest BCUT2D eigenvalue weighted by atomic mass is 16.6. The number of hydrogen-bond acceptors (Lipinski definition) is 4. The van der Waals surface area contributed by atoms with Crippen LogP contribution in [0, 0.1) is 0 Å². The SMILES string of the molecule is CN1CCN(C(=O)O[C@H]2CCCNC2)CC1. The van der Waals surface area contributed by atoms with Crippen molar-refractivity contribution in [1.29, 1.82) is 0 Å². The van der Waals surface area contributed by atoms with Gasteiger partial charge in [-0.25, -0.2) is 4.79 Å². The summed E-state index contributed by atoms with van der Waals surface area (Å²) in [6.45, 7) is 5.31. The number of likely N-dealkylation sites (N-methyl/N-ethyl adjacent to an activating group) is 1. The second-order valence-corrected chi connectivity index (χ2v) is 4.64. The molecule has 0 aromatic heterocycles. The summed E-state index contributed by atoms with van der Waals surface area (Å²) < 4.78 is 5.47. The molecule has 0 radical (unpaired) electrons. The molecule has 0 aromatic carbocycles. The van der Waals surface area contributed by atoms with Gasteiger partial charge in [0.1, 0.15) is 6.10 Å². The van der Waals surface area contributed by atoms with Crippen molar-refractivity contribution in [2.45, 2.75) is 18.9 Å². The second kappa shape index (κ2) is 5.50. The van der Waals surface area contributed by atoms with E-state index >= 15 is 0 Å². The van der Waals surface area contributed by atoms with Crippen LogP contribution in [0.25, 0.3) is 0 Å². The van der Waals surface area contributed by atoms with Crippen molar-refractivity contribution in [1.82, 2.24) is 15.1 Å². The molecule has 0 spiro atoms. The minimum atomic E-state index is -0.137. The number of carbonyl (C=O) groups is 1. The van der Waals surface area contributed by atoms with Crippen LogP contribution in [-0.2, 0) is 4.74 Å². The molecule has 16 heavy (non-hydrogen) atoms. The van der Waals surface area contributed by atoms with Crippen molar-refractivity contribution < 1.29 is 9.53 Å². The minimum Gasteiger partial charge on any atom is -0.445 e. The molecular formula is C11H21N3O2. The summed E-state index contributed by atoms with van der Waals surface area (Å²) in [5.74, 6) is 0. The van der Waals surface area contributed by atoms with Gasteiger partial charge in [0, 0.05) is 32.7 Å². The molecule has 2 rings (SSSR count). The molecule has 1 atom stereocenters. The lowest BCUT2D eigenvalue weighted by Crippen LogP contribution is -2.49. The average molecular weight is 227 g/mol. The van der Waals surface area contributed by atoms with Crippen LogP contribution in [0.5, 0.6) is 0 Å². The number of piperidine rings is 1. The first-order valence-corrected chi connectivity index (χ1v) is 6.10. The third-order valence-corrected chi connectivity index (χ3v) is 3.28. The Kier molecular flexibility index (Phi) is 4.01. The number of carbonyl (C=O) groups excluding carboxylic acids is 1. The summed E-state index contributed by atoms with van der Waals surface area (Å²) in [6.07, 6.45) is 2.02. The molecule has 2 heterocycles. The molecule has 1 N–H and O–H groups in total. The van der Waals surface area contributed by atoms with Crippen LogP contribution in [0.2, 0.25) is 0 Å². The maximum atomic E-state index is 11.8. The zero-order valence-corrected chi connectivity index (χ0v) is 9.95. The predicted octanol–water partition coefficient (Wildman–Crippen LogP) is 0.122. The Hall–Kier alpha value is -0.810. The van der Waals surface area contributed by atoms with Gasteiger partial charge in [-0.05, 0) is 26.4 Å². The molecule has 2 aliphatic heterocycles. The minimum absolute atomic E-state index is 0.0703. The molecule has 0 aromatic rings. The lowest BCUT2D eigenvalue weighted by atomic mass is 10.1. The van der Waals surface area contributed by atoms with Crippen molar-refractivity contribution in [2.75, 3.05) is 46.3 Å². The lowest BCUT2D eigenvalue weighted by Gasteiger charge is -2.33. The van der Waals surface area contributed by atoms with Gasteiger partial charge in [0.25, 0.3) is 0 Å². The highest BCUT2D eigenvalue weighted by Gasteiger charge is 2.24. The van der Waals surface area contributed by atoms with E-state index in [0.29, 0.717) is 0 Å².